The number of aryl methyl sites for hydroxylation is 1. The van der Waals surface area contributed by atoms with Crippen molar-refractivity contribution in [3.8, 4) is 0 Å². The van der Waals surface area contributed by atoms with Crippen LogP contribution in [-0.4, -0.2) is 42.9 Å². The maximum atomic E-state index is 12.5. The number of hydrogen-bond donors (Lipinski definition) is 1. The van der Waals surface area contributed by atoms with Crippen molar-refractivity contribution in [3.63, 3.8) is 0 Å². The van der Waals surface area contributed by atoms with Gasteiger partial charge in [0.1, 0.15) is 10.7 Å². The molecule has 7 nitrogen and oxygen atoms in total. The molecule has 0 spiro atoms. The van der Waals surface area contributed by atoms with Crippen molar-refractivity contribution >= 4 is 69.9 Å². The molecular formula is C15H12ClN5O2S3. The fourth-order valence-electron chi connectivity index (χ4n) is 2.08. The normalized spacial score (nSPS) is 16.3. The molecule has 1 N–H and O–H groups in total. The number of hydrogen-bond acceptors (Lipinski definition) is 7. The zero-order chi connectivity index (χ0) is 18.8. The van der Waals surface area contributed by atoms with Gasteiger partial charge in [-0.05, 0) is 30.1 Å². The summed E-state index contributed by atoms with van der Waals surface area (Å²) in [6.45, 7) is 3.79. The predicted molar refractivity (Wildman–Crippen MR) is 105 cm³/mol. The van der Waals surface area contributed by atoms with Gasteiger partial charge in [0.2, 0.25) is 0 Å². The van der Waals surface area contributed by atoms with Crippen LogP contribution in [0, 0.1) is 0 Å². The van der Waals surface area contributed by atoms with Gasteiger partial charge in [-0.1, -0.05) is 17.7 Å². The highest BCUT2D eigenvalue weighted by atomic mass is 35.5. The average molecular weight is 426 g/mol. The van der Waals surface area contributed by atoms with Crippen LogP contribution in [0.15, 0.2) is 40.1 Å². The Kier molecular flexibility index (Phi) is 5.56. The van der Waals surface area contributed by atoms with Gasteiger partial charge in [-0.3, -0.25) is 19.8 Å². The van der Waals surface area contributed by atoms with E-state index >= 15 is 0 Å². The first-order valence-corrected chi connectivity index (χ1v) is 9.64. The predicted octanol–water partition coefficient (Wildman–Crippen LogP) is 2.49. The number of nitrogens with one attached hydrogen (secondary N) is 1. The lowest BCUT2D eigenvalue weighted by molar-refractivity contribution is -0.128. The summed E-state index contributed by atoms with van der Waals surface area (Å²) in [7, 11) is 1.87. The third-order valence-corrected chi connectivity index (χ3v) is 6.18. The summed E-state index contributed by atoms with van der Waals surface area (Å²) in [5, 5.41) is 3.51. The van der Waals surface area contributed by atoms with Crippen LogP contribution in [0.4, 0.5) is 0 Å². The Morgan fingerprint density at radius 1 is 1.50 bits per heavy atom. The topological polar surface area (TPSA) is 80.1 Å². The van der Waals surface area contributed by atoms with Crippen molar-refractivity contribution in [2.24, 2.45) is 7.05 Å². The number of rotatable bonds is 5. The van der Waals surface area contributed by atoms with Gasteiger partial charge in [0, 0.05) is 26.0 Å². The molecule has 1 aliphatic rings. The van der Waals surface area contributed by atoms with Gasteiger partial charge in [-0.25, -0.2) is 9.97 Å². The van der Waals surface area contributed by atoms with E-state index in [9.17, 15) is 9.59 Å². The summed E-state index contributed by atoms with van der Waals surface area (Å²) in [5.41, 5.74) is -0.0560. The molecule has 0 bridgehead atoms. The molecule has 0 radical (unpaired) electrons. The third kappa shape index (κ3) is 3.73. The number of thiazole rings is 1. The van der Waals surface area contributed by atoms with Crippen molar-refractivity contribution in [1.82, 2.24) is 24.8 Å². The van der Waals surface area contributed by atoms with Crippen molar-refractivity contribution in [2.75, 3.05) is 6.54 Å². The summed E-state index contributed by atoms with van der Waals surface area (Å²) in [6.07, 6.45) is 6.46. The van der Waals surface area contributed by atoms with E-state index in [1.165, 1.54) is 40.2 Å². The fraction of sp³-hybridized carbons (Fsp3) is 0.133. The number of carbonyl (C=O) groups is 2. The van der Waals surface area contributed by atoms with Crippen LogP contribution in [-0.2, 0) is 16.6 Å². The Hall–Kier alpha value is -2.01. The van der Waals surface area contributed by atoms with Crippen LogP contribution in [0.2, 0.25) is 5.15 Å². The highest BCUT2D eigenvalue weighted by Crippen LogP contribution is 2.35. The Balaban J connectivity index is 1.90. The summed E-state index contributed by atoms with van der Waals surface area (Å²) in [4.78, 5) is 35.0. The molecule has 2 amide bonds. The van der Waals surface area contributed by atoms with Gasteiger partial charge in [0.15, 0.2) is 14.6 Å². The second kappa shape index (κ2) is 7.70. The monoisotopic (exact) mass is 425 g/mol. The quantitative estimate of drug-likeness (QED) is 0.343. The van der Waals surface area contributed by atoms with Crippen LogP contribution in [0.5, 0.6) is 0 Å². The maximum absolute atomic E-state index is 12.5. The van der Waals surface area contributed by atoms with E-state index in [0.29, 0.717) is 9.22 Å². The minimum atomic E-state index is -0.567. The molecule has 2 aromatic heterocycles. The second-order valence-electron chi connectivity index (χ2n) is 5.08. The minimum absolute atomic E-state index is 0.0541. The van der Waals surface area contributed by atoms with E-state index < -0.39 is 11.8 Å². The fourth-order valence-corrected chi connectivity index (χ4v) is 4.58. The van der Waals surface area contributed by atoms with E-state index in [4.69, 9.17) is 23.8 Å². The molecule has 134 valence electrons. The molecule has 1 aliphatic heterocycles. The SMILES string of the molecule is C=CCN1C(=O)C(=Cc2sc(Sc3nccn3C)nc2Cl)C(=O)NC1=S. The molecule has 1 fully saturated rings. The first-order chi connectivity index (χ1) is 12.4. The Bertz CT molecular complexity index is 949. The van der Waals surface area contributed by atoms with Gasteiger partial charge >= 0.3 is 0 Å². The summed E-state index contributed by atoms with van der Waals surface area (Å²) >= 11 is 13.8. The van der Waals surface area contributed by atoms with Crippen LogP contribution in [0.25, 0.3) is 6.08 Å². The summed E-state index contributed by atoms with van der Waals surface area (Å²) in [6, 6.07) is 0. The number of aromatic nitrogens is 3. The van der Waals surface area contributed by atoms with Gasteiger partial charge < -0.3 is 4.57 Å². The molecule has 11 heteroatoms. The maximum Gasteiger partial charge on any atom is 0.265 e. The largest absolute Gasteiger partial charge is 0.329 e. The van der Waals surface area contributed by atoms with Crippen LogP contribution in [0.3, 0.4) is 0 Å². The van der Waals surface area contributed by atoms with Crippen LogP contribution < -0.4 is 5.32 Å². The number of halogens is 1. The molecule has 0 unspecified atom stereocenters. The zero-order valence-corrected chi connectivity index (χ0v) is 16.6. The summed E-state index contributed by atoms with van der Waals surface area (Å²) < 4.78 is 2.50. The van der Waals surface area contributed by atoms with Gasteiger partial charge in [-0.15, -0.1) is 17.9 Å². The van der Waals surface area contributed by atoms with Crippen LogP contribution in [0.1, 0.15) is 4.88 Å². The average Bonchev–Trinajstić information content (AvgIpc) is 3.14. The molecule has 0 atom stereocenters. The Morgan fingerprint density at radius 2 is 2.27 bits per heavy atom. The van der Waals surface area contributed by atoms with Crippen LogP contribution >= 0.6 is 46.9 Å². The van der Waals surface area contributed by atoms with Gasteiger partial charge in [0.05, 0.1) is 4.88 Å². The highest BCUT2D eigenvalue weighted by molar-refractivity contribution is 8.00. The zero-order valence-electron chi connectivity index (χ0n) is 13.4. The molecule has 0 saturated carbocycles. The molecule has 3 rings (SSSR count). The van der Waals surface area contributed by atoms with Gasteiger partial charge in [-0.2, -0.15) is 0 Å². The molecule has 3 heterocycles. The summed E-state index contributed by atoms with van der Waals surface area (Å²) in [5.74, 6) is -1.07. The molecule has 0 aromatic carbocycles. The number of carbonyl (C=O) groups excluding carboxylic acids is 2. The highest BCUT2D eigenvalue weighted by Gasteiger charge is 2.33. The van der Waals surface area contributed by atoms with E-state index in [0.717, 1.165) is 5.16 Å². The van der Waals surface area contributed by atoms with Crippen molar-refractivity contribution in [1.29, 1.82) is 0 Å². The Labute approximate surface area is 167 Å². The standard InChI is InChI=1S/C15H12ClN5O2S3/c1-3-5-21-12(23)8(11(22)19-13(21)24)7-9-10(16)18-15(25-9)26-14-17-4-6-20(14)2/h3-4,6-7H,1,5H2,2H3,(H,19,22,24). The lowest BCUT2D eigenvalue weighted by Crippen LogP contribution is -2.53. The van der Waals surface area contributed by atoms with Crippen molar-refractivity contribution < 1.29 is 9.59 Å². The van der Waals surface area contributed by atoms with E-state index in [-0.39, 0.29) is 22.4 Å². The lowest BCUT2D eigenvalue weighted by atomic mass is 10.1. The number of nitrogens with zero attached hydrogens (tertiary/aromatic N) is 4. The number of imidazole rings is 1. The first-order valence-electron chi connectivity index (χ1n) is 7.22. The minimum Gasteiger partial charge on any atom is -0.329 e. The molecule has 26 heavy (non-hydrogen) atoms. The molecule has 0 aliphatic carbocycles. The first kappa shape index (κ1) is 18.8. The molecular weight excluding hydrogens is 414 g/mol. The number of amides is 2. The third-order valence-electron chi connectivity index (χ3n) is 3.32. The van der Waals surface area contributed by atoms with E-state index in [2.05, 4.69) is 21.9 Å². The molecule has 1 saturated heterocycles. The number of thiocarbonyl (C=S) groups is 1. The van der Waals surface area contributed by atoms with Crippen molar-refractivity contribution in [3.05, 3.63) is 40.7 Å². The molecule has 2 aromatic rings. The van der Waals surface area contributed by atoms with E-state index in [1.807, 2.05) is 17.8 Å². The second-order valence-corrected chi connectivity index (χ2v) is 8.07. The lowest BCUT2D eigenvalue weighted by Gasteiger charge is -2.27. The Morgan fingerprint density at radius 3 is 2.92 bits per heavy atom. The smallest absolute Gasteiger partial charge is 0.265 e. The van der Waals surface area contributed by atoms with Gasteiger partial charge in [0.25, 0.3) is 11.8 Å². The van der Waals surface area contributed by atoms with E-state index in [1.54, 1.807) is 6.20 Å². The van der Waals surface area contributed by atoms with Crippen molar-refractivity contribution in [2.45, 2.75) is 9.50 Å².